The van der Waals surface area contributed by atoms with Gasteiger partial charge in [0.25, 0.3) is 0 Å². The topological polar surface area (TPSA) is 42.2 Å². The van der Waals surface area contributed by atoms with E-state index in [9.17, 15) is 5.26 Å². The van der Waals surface area contributed by atoms with Crippen LogP contribution in [0.5, 0.6) is 11.5 Å². The number of ether oxygens (including phenoxy) is 2. The molecule has 2 aliphatic rings. The lowest BCUT2D eigenvalue weighted by Gasteiger charge is -2.43. The highest BCUT2D eigenvalue weighted by Gasteiger charge is 2.45. The molecule has 0 radical (unpaired) electrons. The summed E-state index contributed by atoms with van der Waals surface area (Å²) >= 11 is 0. The zero-order valence-electron chi connectivity index (χ0n) is 10.6. The summed E-state index contributed by atoms with van der Waals surface area (Å²) in [6.45, 7) is 2.49. The van der Waals surface area contributed by atoms with E-state index in [0.717, 1.165) is 29.9 Å². The standard InChI is InChI=1S/C15H17NO2/c1-2-3-11-7-15(8-11,9-16)12-4-5-13-14(6-12)18-10-17-13/h4-6,11H,2-3,7-8,10H2,1H3. The third-order valence-corrected chi connectivity index (χ3v) is 4.11. The van der Waals surface area contributed by atoms with Crippen molar-refractivity contribution in [3.8, 4) is 17.6 Å². The highest BCUT2D eigenvalue weighted by Crippen LogP contribution is 2.50. The molecule has 3 rings (SSSR count). The highest BCUT2D eigenvalue weighted by molar-refractivity contribution is 5.49. The van der Waals surface area contributed by atoms with E-state index in [2.05, 4.69) is 13.0 Å². The number of rotatable bonds is 3. The molecule has 0 saturated heterocycles. The van der Waals surface area contributed by atoms with Crippen molar-refractivity contribution in [3.63, 3.8) is 0 Å². The lowest BCUT2D eigenvalue weighted by molar-refractivity contribution is 0.172. The van der Waals surface area contributed by atoms with Crippen LogP contribution in [0.3, 0.4) is 0 Å². The molecular weight excluding hydrogens is 226 g/mol. The Morgan fingerprint density at radius 2 is 2.11 bits per heavy atom. The maximum Gasteiger partial charge on any atom is 0.231 e. The van der Waals surface area contributed by atoms with Crippen molar-refractivity contribution in [1.29, 1.82) is 5.26 Å². The van der Waals surface area contributed by atoms with E-state index in [1.54, 1.807) is 0 Å². The number of benzene rings is 1. The Morgan fingerprint density at radius 1 is 1.33 bits per heavy atom. The molecule has 0 N–H and O–H groups in total. The quantitative estimate of drug-likeness (QED) is 0.817. The molecule has 1 saturated carbocycles. The molecule has 0 spiro atoms. The van der Waals surface area contributed by atoms with Gasteiger partial charge in [-0.2, -0.15) is 5.26 Å². The van der Waals surface area contributed by atoms with E-state index < -0.39 is 0 Å². The van der Waals surface area contributed by atoms with Gasteiger partial charge in [-0.05, 0) is 36.5 Å². The van der Waals surface area contributed by atoms with Crippen LogP contribution in [0, 0.1) is 17.2 Å². The van der Waals surface area contributed by atoms with E-state index in [1.807, 2.05) is 18.2 Å². The van der Waals surface area contributed by atoms with Crippen LogP contribution in [-0.2, 0) is 5.41 Å². The van der Waals surface area contributed by atoms with Crippen LogP contribution in [0.2, 0.25) is 0 Å². The second kappa shape index (κ2) is 4.20. The molecule has 1 aromatic rings. The van der Waals surface area contributed by atoms with Crippen molar-refractivity contribution < 1.29 is 9.47 Å². The average Bonchev–Trinajstić information content (AvgIpc) is 2.80. The highest BCUT2D eigenvalue weighted by atomic mass is 16.7. The molecule has 1 fully saturated rings. The Morgan fingerprint density at radius 3 is 2.83 bits per heavy atom. The van der Waals surface area contributed by atoms with Crippen LogP contribution in [0.4, 0.5) is 0 Å². The zero-order chi connectivity index (χ0) is 12.6. The van der Waals surface area contributed by atoms with Crippen LogP contribution >= 0.6 is 0 Å². The van der Waals surface area contributed by atoms with Gasteiger partial charge in [-0.15, -0.1) is 0 Å². The smallest absolute Gasteiger partial charge is 0.231 e. The molecule has 0 atom stereocenters. The second-order valence-corrected chi connectivity index (χ2v) is 5.32. The Hall–Kier alpha value is -1.69. The van der Waals surface area contributed by atoms with Crippen molar-refractivity contribution in [2.24, 2.45) is 5.92 Å². The first-order valence-corrected chi connectivity index (χ1v) is 6.59. The molecule has 18 heavy (non-hydrogen) atoms. The van der Waals surface area contributed by atoms with Gasteiger partial charge in [0, 0.05) is 0 Å². The van der Waals surface area contributed by atoms with Crippen LogP contribution in [0.1, 0.15) is 38.2 Å². The Kier molecular flexibility index (Phi) is 2.66. The molecular formula is C15H17NO2. The first-order valence-electron chi connectivity index (χ1n) is 6.59. The number of fused-ring (bicyclic) bond motifs is 1. The molecule has 1 aliphatic carbocycles. The van der Waals surface area contributed by atoms with Gasteiger partial charge < -0.3 is 9.47 Å². The first kappa shape index (κ1) is 11.4. The van der Waals surface area contributed by atoms with Crippen molar-refractivity contribution >= 4 is 0 Å². The molecule has 1 heterocycles. The van der Waals surface area contributed by atoms with Crippen LogP contribution < -0.4 is 9.47 Å². The van der Waals surface area contributed by atoms with Crippen molar-refractivity contribution in [1.82, 2.24) is 0 Å². The van der Waals surface area contributed by atoms with Gasteiger partial charge in [0.2, 0.25) is 6.79 Å². The summed E-state index contributed by atoms with van der Waals surface area (Å²) in [5.41, 5.74) is 0.794. The molecule has 0 aromatic heterocycles. The van der Waals surface area contributed by atoms with Gasteiger partial charge in [-0.25, -0.2) is 0 Å². The summed E-state index contributed by atoms with van der Waals surface area (Å²) in [5.74, 6) is 2.28. The Bertz CT molecular complexity index is 498. The summed E-state index contributed by atoms with van der Waals surface area (Å²) in [6, 6.07) is 8.43. The summed E-state index contributed by atoms with van der Waals surface area (Å²) in [5, 5.41) is 9.50. The maximum atomic E-state index is 9.50. The van der Waals surface area contributed by atoms with E-state index in [4.69, 9.17) is 9.47 Å². The van der Waals surface area contributed by atoms with E-state index in [0.29, 0.717) is 5.92 Å². The predicted molar refractivity (Wildman–Crippen MR) is 67.5 cm³/mol. The van der Waals surface area contributed by atoms with Gasteiger partial charge in [0.05, 0.1) is 11.5 Å². The average molecular weight is 243 g/mol. The molecule has 0 bridgehead atoms. The lowest BCUT2D eigenvalue weighted by Crippen LogP contribution is -2.39. The molecule has 0 amide bonds. The van der Waals surface area contributed by atoms with Crippen LogP contribution in [0.15, 0.2) is 18.2 Å². The fourth-order valence-electron chi connectivity index (χ4n) is 3.12. The molecule has 94 valence electrons. The fourth-order valence-corrected chi connectivity index (χ4v) is 3.12. The summed E-state index contributed by atoms with van der Waals surface area (Å²) in [6.07, 6.45) is 4.40. The van der Waals surface area contributed by atoms with Crippen molar-refractivity contribution in [2.45, 2.75) is 38.0 Å². The molecule has 1 aliphatic heterocycles. The monoisotopic (exact) mass is 243 g/mol. The van der Waals surface area contributed by atoms with E-state index in [1.165, 1.54) is 12.8 Å². The van der Waals surface area contributed by atoms with Crippen molar-refractivity contribution in [3.05, 3.63) is 23.8 Å². The molecule has 3 heteroatoms. The van der Waals surface area contributed by atoms with Crippen LogP contribution in [0.25, 0.3) is 0 Å². The number of nitriles is 1. The summed E-state index contributed by atoms with van der Waals surface area (Å²) in [7, 11) is 0. The minimum absolute atomic E-state index is 0.288. The van der Waals surface area contributed by atoms with E-state index in [-0.39, 0.29) is 12.2 Å². The van der Waals surface area contributed by atoms with Gasteiger partial charge in [-0.1, -0.05) is 25.8 Å². The summed E-state index contributed by atoms with van der Waals surface area (Å²) < 4.78 is 10.7. The number of hydrogen-bond donors (Lipinski definition) is 0. The fraction of sp³-hybridized carbons (Fsp3) is 0.533. The van der Waals surface area contributed by atoms with Crippen molar-refractivity contribution in [2.75, 3.05) is 6.79 Å². The van der Waals surface area contributed by atoms with Gasteiger partial charge in [0.15, 0.2) is 11.5 Å². The minimum atomic E-state index is -0.291. The van der Waals surface area contributed by atoms with Gasteiger partial charge in [0.1, 0.15) is 0 Å². The normalized spacial score (nSPS) is 28.6. The van der Waals surface area contributed by atoms with Crippen LogP contribution in [-0.4, -0.2) is 6.79 Å². The zero-order valence-corrected chi connectivity index (χ0v) is 10.6. The third-order valence-electron chi connectivity index (χ3n) is 4.11. The maximum absolute atomic E-state index is 9.50. The molecule has 3 nitrogen and oxygen atoms in total. The molecule has 0 unspecified atom stereocenters. The SMILES string of the molecule is CCCC1CC(C#N)(c2ccc3c(c2)OCO3)C1. The van der Waals surface area contributed by atoms with Gasteiger partial charge >= 0.3 is 0 Å². The van der Waals surface area contributed by atoms with Gasteiger partial charge in [-0.3, -0.25) is 0 Å². The molecule has 1 aromatic carbocycles. The lowest BCUT2D eigenvalue weighted by atomic mass is 9.58. The van der Waals surface area contributed by atoms with E-state index >= 15 is 0 Å². The number of hydrogen-bond acceptors (Lipinski definition) is 3. The number of nitrogens with zero attached hydrogens (tertiary/aromatic N) is 1. The first-order chi connectivity index (χ1) is 8.77. The predicted octanol–water partition coefficient (Wildman–Crippen LogP) is 3.39. The minimum Gasteiger partial charge on any atom is -0.454 e. The third kappa shape index (κ3) is 1.64. The summed E-state index contributed by atoms with van der Waals surface area (Å²) in [4.78, 5) is 0. The largest absolute Gasteiger partial charge is 0.454 e. The Balaban J connectivity index is 1.84. The Labute approximate surface area is 107 Å². The second-order valence-electron chi connectivity index (χ2n) is 5.32.